The number of nitrogens with zero attached hydrogens (tertiary/aromatic N) is 2. The Morgan fingerprint density at radius 1 is 1.16 bits per heavy atom. The van der Waals surface area contributed by atoms with Crippen LogP contribution in [0, 0.1) is 11.2 Å². The van der Waals surface area contributed by atoms with Gasteiger partial charge in [-0.25, -0.2) is 5.26 Å². The zero-order chi connectivity index (χ0) is 18.4. The van der Waals surface area contributed by atoms with Crippen molar-refractivity contribution < 1.29 is 9.59 Å². The number of carbonyl (C=O) groups excluding carboxylic acids is 2. The second kappa shape index (κ2) is 8.20. The van der Waals surface area contributed by atoms with Crippen molar-refractivity contribution in [3.8, 4) is 5.97 Å². The summed E-state index contributed by atoms with van der Waals surface area (Å²) in [6, 6.07) is 8.05. The number of nitrogens with one attached hydrogen (secondary N) is 1. The second-order valence-electron chi connectivity index (χ2n) is 6.65. The Labute approximate surface area is 150 Å². The van der Waals surface area contributed by atoms with Crippen molar-refractivity contribution in [1.29, 1.82) is 5.26 Å². The molecule has 0 saturated carbocycles. The third-order valence-corrected chi connectivity index (χ3v) is 5.15. The molecule has 0 aromatic heterocycles. The van der Waals surface area contributed by atoms with Crippen LogP contribution in [0.2, 0.25) is 12.6 Å². The Hall–Kier alpha value is -2.29. The van der Waals surface area contributed by atoms with E-state index in [4.69, 9.17) is 5.26 Å². The Kier molecular flexibility index (Phi) is 6.24. The lowest BCUT2D eigenvalue weighted by Gasteiger charge is -2.33. The largest absolute Gasteiger partial charge is 0.373 e. The van der Waals surface area contributed by atoms with E-state index in [2.05, 4.69) is 16.2 Å². The van der Waals surface area contributed by atoms with Crippen LogP contribution in [0.4, 0.5) is 5.69 Å². The molecule has 2 aliphatic heterocycles. The normalized spacial score (nSPS) is 23.3. The lowest BCUT2D eigenvalue weighted by Crippen LogP contribution is -2.49. The number of carbonyl (C=O) groups is 2. The molecule has 1 aromatic rings. The monoisotopic (exact) mass is 339 g/mol. The number of anilines is 1. The quantitative estimate of drug-likeness (QED) is 0.664. The van der Waals surface area contributed by atoms with Crippen molar-refractivity contribution >= 4 is 24.2 Å². The zero-order valence-electron chi connectivity index (χ0n) is 15.3. The fourth-order valence-electron chi connectivity index (χ4n) is 3.39. The van der Waals surface area contributed by atoms with Crippen LogP contribution in [0.5, 0.6) is 0 Å². The predicted octanol–water partition coefficient (Wildman–Crippen LogP) is 2.78. The van der Waals surface area contributed by atoms with Crippen LogP contribution in [0.3, 0.4) is 0 Å². The van der Waals surface area contributed by atoms with Crippen molar-refractivity contribution in [2.75, 3.05) is 18.0 Å². The van der Waals surface area contributed by atoms with Crippen LogP contribution >= 0.6 is 0 Å². The average molecular weight is 339 g/mol. The summed E-state index contributed by atoms with van der Waals surface area (Å²) in [5.74, 6) is 1.94. The number of hydrogen-bond donors (Lipinski definition) is 1. The van der Waals surface area contributed by atoms with Crippen molar-refractivity contribution in [3.05, 3.63) is 29.8 Å². The molecule has 3 rings (SSSR count). The van der Waals surface area contributed by atoms with Gasteiger partial charge < -0.3 is 4.90 Å². The van der Waals surface area contributed by atoms with Gasteiger partial charge in [-0.2, -0.15) is 0 Å². The molecule has 1 aromatic carbocycles. The molecule has 2 aliphatic rings. The predicted molar refractivity (Wildman–Crippen MR) is 101 cm³/mol. The Balaban J connectivity index is 0.00000109. The van der Waals surface area contributed by atoms with Crippen molar-refractivity contribution in [2.45, 2.75) is 51.7 Å². The fraction of sp³-hybridized carbons (Fsp3) is 0.526. The molecule has 2 heterocycles. The van der Waals surface area contributed by atoms with Crippen LogP contribution in [0.25, 0.3) is 0 Å². The lowest BCUT2D eigenvalue weighted by molar-refractivity contribution is -0.137. The van der Waals surface area contributed by atoms with Crippen LogP contribution in [0.15, 0.2) is 24.3 Å². The Bertz CT molecular complexity index is 660. The lowest BCUT2D eigenvalue weighted by atomic mass is 9.45. The molecule has 2 saturated heterocycles. The molecular formula is C19H26BN3O2. The number of imide groups is 1. The summed E-state index contributed by atoms with van der Waals surface area (Å²) in [6.45, 7) is 7.85. The summed E-state index contributed by atoms with van der Waals surface area (Å²) in [6.07, 6.45) is 2.73. The van der Waals surface area contributed by atoms with E-state index in [0.29, 0.717) is 12.8 Å². The highest BCUT2D eigenvalue weighted by Gasteiger charge is 2.39. The van der Waals surface area contributed by atoms with Gasteiger partial charge >= 0.3 is 0 Å². The van der Waals surface area contributed by atoms with Crippen LogP contribution in [0.1, 0.15) is 39.2 Å². The van der Waals surface area contributed by atoms with Crippen LogP contribution in [-0.2, 0) is 15.0 Å². The van der Waals surface area contributed by atoms with Gasteiger partial charge in [0.1, 0.15) is 0 Å². The molecule has 132 valence electrons. The highest BCUT2D eigenvalue weighted by molar-refractivity contribution is 6.67. The van der Waals surface area contributed by atoms with Gasteiger partial charge in [-0.15, -0.1) is 0 Å². The van der Waals surface area contributed by atoms with Crippen LogP contribution in [-0.4, -0.2) is 31.6 Å². The maximum atomic E-state index is 12.2. The SMILES string of the molecule is CC.CC1(c2ccc(N3CCB(C#N)CC3)cc2)CCC(=O)NC1=O. The number of amides is 2. The summed E-state index contributed by atoms with van der Waals surface area (Å²) >= 11 is 0. The van der Waals surface area contributed by atoms with Gasteiger partial charge in [0.05, 0.1) is 5.41 Å². The minimum atomic E-state index is -0.639. The van der Waals surface area contributed by atoms with Crippen molar-refractivity contribution in [2.24, 2.45) is 0 Å². The number of nitriles is 1. The van der Waals surface area contributed by atoms with E-state index in [1.54, 1.807) is 0 Å². The van der Waals surface area contributed by atoms with Gasteiger partial charge in [0.25, 0.3) is 6.71 Å². The number of piperidine rings is 1. The van der Waals surface area contributed by atoms with E-state index in [0.717, 1.165) is 37.0 Å². The minimum Gasteiger partial charge on any atom is -0.373 e. The third kappa shape index (κ3) is 4.04. The molecule has 0 spiro atoms. The molecule has 2 amide bonds. The maximum Gasteiger partial charge on any atom is 0.271 e. The van der Waals surface area contributed by atoms with E-state index in [9.17, 15) is 9.59 Å². The Morgan fingerprint density at radius 2 is 1.76 bits per heavy atom. The summed E-state index contributed by atoms with van der Waals surface area (Å²) in [5.41, 5.74) is 1.43. The highest BCUT2D eigenvalue weighted by Crippen LogP contribution is 2.33. The molecule has 1 atom stereocenters. The molecule has 2 fully saturated rings. The smallest absolute Gasteiger partial charge is 0.271 e. The van der Waals surface area contributed by atoms with Gasteiger partial charge in [0, 0.05) is 31.2 Å². The zero-order valence-corrected chi connectivity index (χ0v) is 15.3. The van der Waals surface area contributed by atoms with Gasteiger partial charge in [-0.1, -0.05) is 26.0 Å². The van der Waals surface area contributed by atoms with Gasteiger partial charge in [0.2, 0.25) is 11.8 Å². The Morgan fingerprint density at radius 3 is 2.28 bits per heavy atom. The summed E-state index contributed by atoms with van der Waals surface area (Å²) in [7, 11) is 0. The summed E-state index contributed by atoms with van der Waals surface area (Å²) in [5, 5.41) is 11.4. The molecule has 0 radical (unpaired) electrons. The molecule has 5 nitrogen and oxygen atoms in total. The van der Waals surface area contributed by atoms with E-state index in [1.165, 1.54) is 0 Å². The van der Waals surface area contributed by atoms with E-state index in [1.807, 2.05) is 45.0 Å². The molecule has 25 heavy (non-hydrogen) atoms. The number of benzene rings is 1. The van der Waals surface area contributed by atoms with Crippen LogP contribution < -0.4 is 10.2 Å². The maximum absolute atomic E-state index is 12.2. The third-order valence-electron chi connectivity index (χ3n) is 5.15. The standard InChI is InChI=1S/C17H20BN3O2.C2H6/c1-17(7-6-15(22)20-16(17)23)13-2-4-14(5-3-13)21-10-8-18(12-19)9-11-21;1-2/h2-5H,6-11H2,1H3,(H,20,22,23);1-2H3. The number of rotatable bonds is 2. The van der Waals surface area contributed by atoms with Crippen molar-refractivity contribution in [3.63, 3.8) is 0 Å². The molecular weight excluding hydrogens is 313 g/mol. The molecule has 1 unspecified atom stereocenters. The summed E-state index contributed by atoms with van der Waals surface area (Å²) < 4.78 is 0. The summed E-state index contributed by atoms with van der Waals surface area (Å²) in [4.78, 5) is 25.8. The molecule has 1 N–H and O–H groups in total. The van der Waals surface area contributed by atoms with E-state index in [-0.39, 0.29) is 18.5 Å². The fourth-order valence-corrected chi connectivity index (χ4v) is 3.39. The highest BCUT2D eigenvalue weighted by atomic mass is 16.2. The molecule has 6 heteroatoms. The first-order valence-corrected chi connectivity index (χ1v) is 9.12. The first kappa shape index (κ1) is 19.0. The van der Waals surface area contributed by atoms with Crippen molar-refractivity contribution in [1.82, 2.24) is 5.32 Å². The minimum absolute atomic E-state index is 0.174. The first-order valence-electron chi connectivity index (χ1n) is 9.12. The average Bonchev–Trinajstić information content (AvgIpc) is 2.67. The number of hydrogen-bond acceptors (Lipinski definition) is 4. The second-order valence-corrected chi connectivity index (χ2v) is 6.65. The van der Waals surface area contributed by atoms with E-state index < -0.39 is 5.41 Å². The van der Waals surface area contributed by atoms with Gasteiger partial charge in [-0.05, 0) is 43.7 Å². The van der Waals surface area contributed by atoms with E-state index >= 15 is 0 Å². The first-order chi connectivity index (χ1) is 12.0. The molecule has 0 bridgehead atoms. The van der Waals surface area contributed by atoms with Gasteiger partial charge in [-0.3, -0.25) is 14.9 Å². The molecule has 0 aliphatic carbocycles. The topological polar surface area (TPSA) is 73.2 Å². The van der Waals surface area contributed by atoms with Gasteiger partial charge in [0.15, 0.2) is 0 Å².